The fraction of sp³-hybridized carbons (Fsp3) is 0.647. The van der Waals surface area contributed by atoms with E-state index in [2.05, 4.69) is 56.1 Å². The van der Waals surface area contributed by atoms with E-state index in [0.29, 0.717) is 5.41 Å². The Hall–Kier alpha value is -1.02. The third kappa shape index (κ3) is 2.27. The highest BCUT2D eigenvalue weighted by Crippen LogP contribution is 2.48. The van der Waals surface area contributed by atoms with E-state index in [4.69, 9.17) is 0 Å². The van der Waals surface area contributed by atoms with Crippen molar-refractivity contribution in [2.24, 2.45) is 5.41 Å². The van der Waals surface area contributed by atoms with Crippen LogP contribution in [0, 0.1) is 19.3 Å². The Morgan fingerprint density at radius 1 is 1.11 bits per heavy atom. The van der Waals surface area contributed by atoms with Crippen LogP contribution in [-0.2, 0) is 0 Å². The van der Waals surface area contributed by atoms with E-state index in [-0.39, 0.29) is 5.54 Å². The van der Waals surface area contributed by atoms with Gasteiger partial charge in [0.2, 0.25) is 0 Å². The van der Waals surface area contributed by atoms with Gasteiger partial charge in [-0.15, -0.1) is 0 Å². The average molecular weight is 258 g/mol. The van der Waals surface area contributed by atoms with Gasteiger partial charge >= 0.3 is 0 Å². The van der Waals surface area contributed by atoms with Crippen LogP contribution in [0.15, 0.2) is 18.2 Å². The highest BCUT2D eigenvalue weighted by Gasteiger charge is 2.48. The molecule has 1 aliphatic heterocycles. The molecule has 2 fully saturated rings. The normalized spacial score (nSPS) is 24.3. The number of benzene rings is 1. The van der Waals surface area contributed by atoms with Gasteiger partial charge in [0.25, 0.3) is 0 Å². The summed E-state index contributed by atoms with van der Waals surface area (Å²) in [7, 11) is 0. The molecule has 104 valence electrons. The van der Waals surface area contributed by atoms with Gasteiger partial charge in [0.1, 0.15) is 0 Å². The largest absolute Gasteiger partial charge is 0.364 e. The number of rotatable bonds is 1. The fourth-order valence-corrected chi connectivity index (χ4v) is 3.29. The maximum atomic E-state index is 3.68. The lowest BCUT2D eigenvalue weighted by atomic mass is 9.97. The summed E-state index contributed by atoms with van der Waals surface area (Å²) in [6, 6.07) is 6.71. The Bertz CT molecular complexity index is 486. The lowest BCUT2D eigenvalue weighted by Crippen LogP contribution is -2.49. The molecule has 0 aromatic heterocycles. The molecule has 1 saturated heterocycles. The third-order valence-electron chi connectivity index (χ3n) is 5.11. The van der Waals surface area contributed by atoms with Crippen molar-refractivity contribution in [3.63, 3.8) is 0 Å². The molecular weight excluding hydrogens is 232 g/mol. The molecule has 0 amide bonds. The molecule has 1 heterocycles. The molecule has 2 aliphatic rings. The second-order valence-corrected chi connectivity index (χ2v) is 7.22. The molecule has 0 bridgehead atoms. The molecule has 1 aliphatic carbocycles. The van der Waals surface area contributed by atoms with Crippen LogP contribution in [0.2, 0.25) is 0 Å². The molecule has 0 radical (unpaired) electrons. The van der Waals surface area contributed by atoms with Crippen LogP contribution >= 0.6 is 0 Å². The zero-order valence-corrected chi connectivity index (χ0v) is 12.7. The molecule has 0 unspecified atom stereocenters. The van der Waals surface area contributed by atoms with E-state index < -0.39 is 0 Å². The number of anilines is 1. The van der Waals surface area contributed by atoms with Gasteiger partial charge in [0.15, 0.2) is 0 Å². The first-order valence-electron chi connectivity index (χ1n) is 7.48. The first-order chi connectivity index (χ1) is 8.94. The molecule has 1 aromatic carbocycles. The van der Waals surface area contributed by atoms with E-state index in [1.54, 1.807) is 0 Å². The van der Waals surface area contributed by atoms with Crippen LogP contribution < -0.4 is 10.2 Å². The Morgan fingerprint density at radius 3 is 2.53 bits per heavy atom. The van der Waals surface area contributed by atoms with Crippen molar-refractivity contribution >= 4 is 5.69 Å². The SMILES string of the molecule is Cc1cccc(N2CC3(CC3)CNCC2(C)C)c1C. The molecule has 3 rings (SSSR count). The summed E-state index contributed by atoms with van der Waals surface area (Å²) < 4.78 is 0. The van der Waals surface area contributed by atoms with Crippen LogP contribution in [-0.4, -0.2) is 25.2 Å². The van der Waals surface area contributed by atoms with Gasteiger partial charge in [0.05, 0.1) is 0 Å². The Labute approximate surface area is 117 Å². The zero-order chi connectivity index (χ0) is 13.7. The van der Waals surface area contributed by atoms with E-state index >= 15 is 0 Å². The Balaban J connectivity index is 2.01. The molecule has 2 heteroatoms. The van der Waals surface area contributed by atoms with Crippen molar-refractivity contribution < 1.29 is 0 Å². The number of hydrogen-bond donors (Lipinski definition) is 1. The minimum Gasteiger partial charge on any atom is -0.364 e. The van der Waals surface area contributed by atoms with Gasteiger partial charge in [-0.05, 0) is 57.7 Å². The van der Waals surface area contributed by atoms with Gasteiger partial charge < -0.3 is 10.2 Å². The minimum absolute atomic E-state index is 0.185. The molecule has 0 atom stereocenters. The standard InChI is InChI=1S/C17H26N2/c1-13-6-5-7-15(14(13)2)19-12-17(8-9-17)11-18-10-16(19,3)4/h5-7,18H,8-12H2,1-4H3. The lowest BCUT2D eigenvalue weighted by Gasteiger charge is -2.41. The summed E-state index contributed by atoms with van der Waals surface area (Å²) in [6.07, 6.45) is 2.77. The number of nitrogens with zero attached hydrogens (tertiary/aromatic N) is 1. The quantitative estimate of drug-likeness (QED) is 0.831. The first kappa shape index (κ1) is 13.0. The number of hydrogen-bond acceptors (Lipinski definition) is 2. The van der Waals surface area contributed by atoms with Crippen LogP contribution in [0.5, 0.6) is 0 Å². The van der Waals surface area contributed by atoms with Crippen molar-refractivity contribution in [3.05, 3.63) is 29.3 Å². The van der Waals surface area contributed by atoms with Gasteiger partial charge in [-0.1, -0.05) is 12.1 Å². The van der Waals surface area contributed by atoms with Gasteiger partial charge in [0, 0.05) is 36.3 Å². The van der Waals surface area contributed by atoms with Gasteiger partial charge in [-0.3, -0.25) is 0 Å². The van der Waals surface area contributed by atoms with E-state index in [1.165, 1.54) is 42.7 Å². The van der Waals surface area contributed by atoms with Crippen molar-refractivity contribution in [1.82, 2.24) is 5.32 Å². The summed E-state index contributed by atoms with van der Waals surface area (Å²) >= 11 is 0. The van der Waals surface area contributed by atoms with Crippen LogP contribution in [0.3, 0.4) is 0 Å². The molecular formula is C17H26N2. The van der Waals surface area contributed by atoms with E-state index in [9.17, 15) is 0 Å². The van der Waals surface area contributed by atoms with Crippen LogP contribution in [0.1, 0.15) is 37.8 Å². The minimum atomic E-state index is 0.185. The number of aryl methyl sites for hydroxylation is 1. The molecule has 2 nitrogen and oxygen atoms in total. The topological polar surface area (TPSA) is 15.3 Å². The van der Waals surface area contributed by atoms with E-state index in [1.807, 2.05) is 0 Å². The first-order valence-corrected chi connectivity index (χ1v) is 7.48. The van der Waals surface area contributed by atoms with Crippen molar-refractivity contribution in [3.8, 4) is 0 Å². The molecule has 1 aromatic rings. The average Bonchev–Trinajstić information content (AvgIpc) is 3.11. The van der Waals surface area contributed by atoms with Crippen molar-refractivity contribution in [2.75, 3.05) is 24.5 Å². The molecule has 1 N–H and O–H groups in total. The summed E-state index contributed by atoms with van der Waals surface area (Å²) in [5.41, 5.74) is 5.00. The summed E-state index contributed by atoms with van der Waals surface area (Å²) in [6.45, 7) is 12.7. The molecule has 1 saturated carbocycles. The van der Waals surface area contributed by atoms with Crippen molar-refractivity contribution in [2.45, 2.75) is 46.1 Å². The Kier molecular flexibility index (Phi) is 2.90. The van der Waals surface area contributed by atoms with E-state index in [0.717, 1.165) is 6.54 Å². The summed E-state index contributed by atoms with van der Waals surface area (Å²) in [5.74, 6) is 0. The Morgan fingerprint density at radius 2 is 1.84 bits per heavy atom. The molecule has 1 spiro atoms. The van der Waals surface area contributed by atoms with Crippen molar-refractivity contribution in [1.29, 1.82) is 0 Å². The van der Waals surface area contributed by atoms with Gasteiger partial charge in [-0.2, -0.15) is 0 Å². The zero-order valence-electron chi connectivity index (χ0n) is 12.7. The van der Waals surface area contributed by atoms with Gasteiger partial charge in [-0.25, -0.2) is 0 Å². The summed E-state index contributed by atoms with van der Waals surface area (Å²) in [5, 5.41) is 3.68. The highest BCUT2D eigenvalue weighted by atomic mass is 15.2. The fourth-order valence-electron chi connectivity index (χ4n) is 3.29. The number of nitrogens with one attached hydrogen (secondary N) is 1. The predicted molar refractivity (Wildman–Crippen MR) is 81.9 cm³/mol. The predicted octanol–water partition coefficient (Wildman–Crippen LogP) is 3.27. The summed E-state index contributed by atoms with van der Waals surface area (Å²) in [4.78, 5) is 2.66. The second-order valence-electron chi connectivity index (χ2n) is 7.22. The lowest BCUT2D eigenvalue weighted by molar-refractivity contribution is 0.455. The maximum absolute atomic E-state index is 3.68. The maximum Gasteiger partial charge on any atom is 0.0470 e. The smallest absolute Gasteiger partial charge is 0.0470 e. The third-order valence-corrected chi connectivity index (χ3v) is 5.11. The highest BCUT2D eigenvalue weighted by molar-refractivity contribution is 5.58. The van der Waals surface area contributed by atoms with Crippen LogP contribution in [0.25, 0.3) is 0 Å². The molecule has 19 heavy (non-hydrogen) atoms. The second kappa shape index (κ2) is 4.24. The monoisotopic (exact) mass is 258 g/mol. The van der Waals surface area contributed by atoms with Crippen LogP contribution in [0.4, 0.5) is 5.69 Å².